The molecule has 15 heteroatoms. The monoisotopic (exact) mass is 906 g/mol. The summed E-state index contributed by atoms with van der Waals surface area (Å²) < 4.78 is 14.3. The molecular formula is C52H58N8O7. The van der Waals surface area contributed by atoms with Crippen LogP contribution in [0.4, 0.5) is 4.79 Å². The molecule has 2 aromatic heterocycles. The predicted octanol–water partition coefficient (Wildman–Crippen LogP) is 6.03. The summed E-state index contributed by atoms with van der Waals surface area (Å²) in [7, 11) is 2.16. The number of rotatable bonds is 12. The number of likely N-dealkylation sites (tertiary alicyclic amines) is 2. The fraction of sp³-hybridized carbons (Fsp3) is 0.385. The van der Waals surface area contributed by atoms with Crippen LogP contribution < -0.4 is 10.9 Å². The molecule has 3 aliphatic heterocycles. The lowest BCUT2D eigenvalue weighted by Gasteiger charge is -2.43. The first kappa shape index (κ1) is 45.3. The highest BCUT2D eigenvalue weighted by Crippen LogP contribution is 2.29. The number of piperazine rings is 1. The highest BCUT2D eigenvalue weighted by Gasteiger charge is 2.34. The number of hydrogen-bond donors (Lipinski definition) is 1. The van der Waals surface area contributed by atoms with Crippen LogP contribution in [0.25, 0.3) is 21.8 Å². The van der Waals surface area contributed by atoms with E-state index in [1.165, 1.54) is 4.57 Å². The van der Waals surface area contributed by atoms with Crippen molar-refractivity contribution in [1.82, 2.24) is 39.3 Å². The zero-order chi connectivity index (χ0) is 46.4. The first-order valence-corrected chi connectivity index (χ1v) is 23.4. The van der Waals surface area contributed by atoms with Gasteiger partial charge in [-0.3, -0.25) is 19.1 Å². The van der Waals surface area contributed by atoms with Gasteiger partial charge in [-0.15, -0.1) is 0 Å². The number of esters is 2. The van der Waals surface area contributed by atoms with Gasteiger partial charge in [-0.2, -0.15) is 5.10 Å². The van der Waals surface area contributed by atoms with Crippen LogP contribution in [0.15, 0.2) is 114 Å². The van der Waals surface area contributed by atoms with Gasteiger partial charge in [-0.1, -0.05) is 60.7 Å². The molecule has 3 saturated heterocycles. The van der Waals surface area contributed by atoms with E-state index in [0.29, 0.717) is 67.3 Å². The van der Waals surface area contributed by atoms with Crippen molar-refractivity contribution in [3.8, 4) is 0 Å². The van der Waals surface area contributed by atoms with E-state index in [4.69, 9.17) is 9.47 Å². The van der Waals surface area contributed by atoms with Crippen LogP contribution in [0.3, 0.4) is 0 Å². The van der Waals surface area contributed by atoms with Crippen LogP contribution in [0.2, 0.25) is 0 Å². The minimum atomic E-state index is -0.829. The average molecular weight is 907 g/mol. The van der Waals surface area contributed by atoms with Crippen molar-refractivity contribution < 1.29 is 28.7 Å². The first-order valence-electron chi connectivity index (χ1n) is 23.4. The third-order valence-corrected chi connectivity index (χ3v) is 13.7. The van der Waals surface area contributed by atoms with Gasteiger partial charge in [-0.05, 0) is 118 Å². The van der Waals surface area contributed by atoms with Crippen LogP contribution in [0.5, 0.6) is 0 Å². The Labute approximate surface area is 389 Å². The summed E-state index contributed by atoms with van der Waals surface area (Å²) in [6.45, 7) is 7.35. The molecule has 15 nitrogen and oxygen atoms in total. The van der Waals surface area contributed by atoms with Crippen molar-refractivity contribution >= 4 is 45.7 Å². The summed E-state index contributed by atoms with van der Waals surface area (Å²) in [4.78, 5) is 77.0. The van der Waals surface area contributed by atoms with Gasteiger partial charge >= 0.3 is 18.0 Å². The Hall–Kier alpha value is -6.84. The smallest absolute Gasteiger partial charge is 0.339 e. The lowest BCUT2D eigenvalue weighted by molar-refractivity contribution is -0.135. The van der Waals surface area contributed by atoms with Crippen molar-refractivity contribution in [3.63, 3.8) is 0 Å². The maximum absolute atomic E-state index is 14.6. The predicted molar refractivity (Wildman–Crippen MR) is 255 cm³/mol. The summed E-state index contributed by atoms with van der Waals surface area (Å²) in [5, 5.41) is 9.53. The fourth-order valence-corrected chi connectivity index (χ4v) is 9.91. The second-order valence-electron chi connectivity index (χ2n) is 18.1. The molecule has 3 fully saturated rings. The van der Waals surface area contributed by atoms with E-state index in [0.717, 1.165) is 66.4 Å². The normalized spacial score (nSPS) is 17.1. The van der Waals surface area contributed by atoms with Gasteiger partial charge in [0.1, 0.15) is 6.04 Å². The molecule has 0 radical (unpaired) electrons. The maximum Gasteiger partial charge on any atom is 0.339 e. The zero-order valence-corrected chi connectivity index (χ0v) is 38.2. The number of carbonyl (C=O) groups excluding carboxylic acids is 4. The number of para-hydroxylation sites is 1. The van der Waals surface area contributed by atoms with Crippen molar-refractivity contribution in [2.75, 3.05) is 59.4 Å². The number of carbonyl (C=O) groups is 4. The third kappa shape index (κ3) is 10.4. The number of piperidine rings is 2. The number of nitrogens with one attached hydrogen (secondary N) is 1. The zero-order valence-electron chi connectivity index (χ0n) is 38.2. The van der Waals surface area contributed by atoms with E-state index in [-0.39, 0.29) is 43.3 Å². The van der Waals surface area contributed by atoms with E-state index >= 15 is 0 Å². The van der Waals surface area contributed by atoms with Crippen molar-refractivity contribution in [2.45, 2.75) is 70.5 Å². The van der Waals surface area contributed by atoms with Gasteiger partial charge in [0.2, 0.25) is 5.91 Å². The standard InChI is InChI=1S/C52H58N8O7/c1-36-29-37(30-42-33-59(54-47(36)42)34-66-50(63)39-11-5-3-6-12-39)31-45(49(62)57-27-25-56(26-28-57)43-19-21-55(2)22-20-43)53-52(65)58-23-17-38(18-24-58)44-32-41-15-9-10-16-46(41)60(48(44)61)35-67-51(64)40-13-7-4-8-14-40/h3-16,29-30,32-33,38,43,45H,17-28,31,34-35H2,1-2H3,(H,53,65)/t45-/m1/s1. The molecule has 0 spiro atoms. The molecule has 3 aliphatic rings. The van der Waals surface area contributed by atoms with Crippen LogP contribution in [0, 0.1) is 6.92 Å². The van der Waals surface area contributed by atoms with Gasteiger partial charge in [-0.25, -0.2) is 19.1 Å². The molecular weight excluding hydrogens is 849 g/mol. The molecule has 1 N–H and O–H groups in total. The Morgan fingerprint density at radius 1 is 0.701 bits per heavy atom. The summed E-state index contributed by atoms with van der Waals surface area (Å²) in [6, 6.07) is 30.3. The molecule has 67 heavy (non-hydrogen) atoms. The molecule has 6 aromatic rings. The first-order chi connectivity index (χ1) is 32.6. The number of amides is 3. The Morgan fingerprint density at radius 3 is 2.00 bits per heavy atom. The fourth-order valence-electron chi connectivity index (χ4n) is 9.91. The van der Waals surface area contributed by atoms with Crippen LogP contribution in [-0.4, -0.2) is 129 Å². The van der Waals surface area contributed by atoms with Crippen molar-refractivity contribution in [2.24, 2.45) is 0 Å². The molecule has 0 unspecified atom stereocenters. The summed E-state index contributed by atoms with van der Waals surface area (Å²) in [5.74, 6) is -1.20. The highest BCUT2D eigenvalue weighted by atomic mass is 16.5. The molecule has 4 aromatic carbocycles. The molecule has 5 heterocycles. The quantitative estimate of drug-likeness (QED) is 0.144. The second kappa shape index (κ2) is 20.4. The number of aromatic nitrogens is 3. The topological polar surface area (TPSA) is 152 Å². The van der Waals surface area contributed by atoms with Crippen LogP contribution in [-0.2, 0) is 34.2 Å². The van der Waals surface area contributed by atoms with Crippen molar-refractivity contribution in [3.05, 3.63) is 147 Å². The SMILES string of the molecule is Cc1cc(C[C@@H](NC(=O)N2CCC(c3cc4ccccc4n(COC(=O)c4ccccc4)c3=O)CC2)C(=O)N2CCN(C3CCN(C)CC3)CC2)cc2cn(COC(=O)c3ccccc3)nc12. The maximum atomic E-state index is 14.6. The van der Waals surface area contributed by atoms with E-state index in [9.17, 15) is 24.0 Å². The molecule has 3 amide bonds. The van der Waals surface area contributed by atoms with E-state index in [1.54, 1.807) is 58.1 Å². The Balaban J connectivity index is 0.892. The van der Waals surface area contributed by atoms with Gasteiger partial charge in [0.25, 0.3) is 5.56 Å². The summed E-state index contributed by atoms with van der Waals surface area (Å²) in [6.07, 6.45) is 5.43. The number of benzene rings is 4. The van der Waals surface area contributed by atoms with Gasteiger partial charge in [0.15, 0.2) is 13.5 Å². The number of ether oxygens (including phenoxy) is 2. The van der Waals surface area contributed by atoms with Gasteiger partial charge in [0, 0.05) is 68.9 Å². The highest BCUT2D eigenvalue weighted by molar-refractivity contribution is 5.90. The van der Waals surface area contributed by atoms with Crippen LogP contribution >= 0.6 is 0 Å². The summed E-state index contributed by atoms with van der Waals surface area (Å²) in [5.41, 5.74) is 4.44. The van der Waals surface area contributed by atoms with E-state index in [1.807, 2.05) is 72.6 Å². The molecule has 348 valence electrons. The number of urea groups is 1. The Morgan fingerprint density at radius 2 is 1.33 bits per heavy atom. The lowest BCUT2D eigenvalue weighted by atomic mass is 9.89. The molecule has 0 aliphatic carbocycles. The number of pyridine rings is 1. The summed E-state index contributed by atoms with van der Waals surface area (Å²) >= 11 is 0. The van der Waals surface area contributed by atoms with Gasteiger partial charge < -0.3 is 29.5 Å². The van der Waals surface area contributed by atoms with Gasteiger partial charge in [0.05, 0.1) is 22.2 Å². The molecule has 1 atom stereocenters. The minimum Gasteiger partial charge on any atom is -0.440 e. The molecule has 9 rings (SSSR count). The Kier molecular flexibility index (Phi) is 13.8. The number of nitrogens with zero attached hydrogens (tertiary/aromatic N) is 7. The second-order valence-corrected chi connectivity index (χ2v) is 18.1. The van der Waals surface area contributed by atoms with E-state index in [2.05, 4.69) is 27.3 Å². The Bertz CT molecular complexity index is 2790. The molecule has 0 bridgehead atoms. The number of aryl methyl sites for hydroxylation is 1. The van der Waals surface area contributed by atoms with E-state index < -0.39 is 18.0 Å². The van der Waals surface area contributed by atoms with Crippen LogP contribution in [0.1, 0.15) is 69.0 Å². The minimum absolute atomic E-state index is 0.0598. The lowest BCUT2D eigenvalue weighted by Crippen LogP contribution is -2.59. The number of fused-ring (bicyclic) bond motifs is 2. The third-order valence-electron chi connectivity index (χ3n) is 13.7. The number of hydrogen-bond acceptors (Lipinski definition) is 10. The average Bonchev–Trinajstić information content (AvgIpc) is 3.79. The van der Waals surface area contributed by atoms with Crippen molar-refractivity contribution in [1.29, 1.82) is 0 Å². The largest absolute Gasteiger partial charge is 0.440 e. The molecule has 0 saturated carbocycles.